The second kappa shape index (κ2) is 12.6. The van der Waals surface area contributed by atoms with Gasteiger partial charge in [-0.05, 0) is 81.8 Å². The van der Waals surface area contributed by atoms with Gasteiger partial charge in [0.05, 0.1) is 10.6 Å². The fraction of sp³-hybridized carbons (Fsp3) is 0.286. The molecular weight excluding hydrogens is 581 g/mol. The summed E-state index contributed by atoms with van der Waals surface area (Å²) in [4.78, 5) is 28.3. The highest BCUT2D eigenvalue weighted by Crippen LogP contribution is 2.27. The van der Waals surface area contributed by atoms with E-state index in [-0.39, 0.29) is 17.1 Å². The number of sulfonamides is 1. The molecule has 0 saturated carbocycles. The number of carbonyl (C=O) groups is 2. The van der Waals surface area contributed by atoms with Crippen LogP contribution in [0.3, 0.4) is 0 Å². The minimum absolute atomic E-state index is 0.0330. The van der Waals surface area contributed by atoms with Crippen LogP contribution < -0.4 is 9.62 Å². The number of anilines is 1. The smallest absolute Gasteiger partial charge is 0.264 e. The lowest BCUT2D eigenvalue weighted by atomic mass is 10.1. The van der Waals surface area contributed by atoms with E-state index in [1.807, 2.05) is 20.8 Å². The molecule has 11 heteroatoms. The maximum atomic E-state index is 13.9. The van der Waals surface area contributed by atoms with Crippen LogP contribution in [0.25, 0.3) is 0 Å². The molecule has 0 aliphatic rings. The number of halogens is 3. The Balaban J connectivity index is 2.03. The van der Waals surface area contributed by atoms with Crippen molar-refractivity contribution in [3.05, 3.63) is 93.4 Å². The van der Waals surface area contributed by atoms with Crippen LogP contribution in [0.15, 0.2) is 77.7 Å². The Morgan fingerprint density at radius 2 is 1.49 bits per heavy atom. The zero-order chi connectivity index (χ0) is 29.0. The van der Waals surface area contributed by atoms with Gasteiger partial charge in [-0.15, -0.1) is 0 Å². The third-order valence-electron chi connectivity index (χ3n) is 5.75. The van der Waals surface area contributed by atoms with Gasteiger partial charge in [0.2, 0.25) is 11.8 Å². The molecule has 7 nitrogen and oxygen atoms in total. The van der Waals surface area contributed by atoms with Crippen molar-refractivity contribution in [2.45, 2.75) is 50.7 Å². The van der Waals surface area contributed by atoms with Gasteiger partial charge in [-0.3, -0.25) is 13.9 Å². The average Bonchev–Trinajstić information content (AvgIpc) is 2.86. The minimum atomic E-state index is -4.18. The SMILES string of the molecule is CC(C(=O)NC(C)(C)C)N(Cc1ccc(Cl)cc1Cl)C(=O)CN(c1ccccc1)S(=O)(=O)c1ccc(Cl)cc1. The van der Waals surface area contributed by atoms with Crippen molar-refractivity contribution in [2.75, 3.05) is 10.8 Å². The summed E-state index contributed by atoms with van der Waals surface area (Å²) in [6.45, 7) is 6.47. The fourth-order valence-electron chi connectivity index (χ4n) is 3.75. The lowest BCUT2D eigenvalue weighted by Gasteiger charge is -2.33. The Bertz CT molecular complexity index is 1430. The maximum absolute atomic E-state index is 13.9. The molecule has 2 amide bonds. The van der Waals surface area contributed by atoms with Gasteiger partial charge in [-0.25, -0.2) is 8.42 Å². The topological polar surface area (TPSA) is 86.8 Å². The second-order valence-electron chi connectivity index (χ2n) is 9.97. The molecule has 0 saturated heterocycles. The number of rotatable bonds is 9. The lowest BCUT2D eigenvalue weighted by molar-refractivity contribution is -0.140. The van der Waals surface area contributed by atoms with Crippen molar-refractivity contribution in [1.29, 1.82) is 0 Å². The van der Waals surface area contributed by atoms with Gasteiger partial charge in [0.25, 0.3) is 10.0 Å². The molecule has 0 fully saturated rings. The molecular formula is C28H30Cl3N3O4S. The van der Waals surface area contributed by atoms with Crippen molar-refractivity contribution in [1.82, 2.24) is 10.2 Å². The van der Waals surface area contributed by atoms with Crippen LogP contribution >= 0.6 is 34.8 Å². The van der Waals surface area contributed by atoms with Crippen LogP contribution in [0.1, 0.15) is 33.3 Å². The van der Waals surface area contributed by atoms with Gasteiger partial charge in [-0.1, -0.05) is 59.1 Å². The predicted molar refractivity (Wildman–Crippen MR) is 157 cm³/mol. The zero-order valence-electron chi connectivity index (χ0n) is 22.0. The molecule has 1 atom stereocenters. The molecule has 0 aliphatic heterocycles. The highest BCUT2D eigenvalue weighted by atomic mass is 35.5. The second-order valence-corrected chi connectivity index (χ2v) is 13.1. The van der Waals surface area contributed by atoms with Crippen molar-refractivity contribution in [3.8, 4) is 0 Å². The van der Waals surface area contributed by atoms with E-state index in [0.29, 0.717) is 20.6 Å². The Morgan fingerprint density at radius 3 is 2.05 bits per heavy atom. The van der Waals surface area contributed by atoms with Crippen LogP contribution in [0.2, 0.25) is 15.1 Å². The van der Waals surface area contributed by atoms with E-state index in [1.165, 1.54) is 29.2 Å². The number of nitrogens with one attached hydrogen (secondary N) is 1. The summed E-state index contributed by atoms with van der Waals surface area (Å²) in [6, 6.07) is 17.9. The monoisotopic (exact) mass is 609 g/mol. The Kier molecular flexibility index (Phi) is 9.93. The van der Waals surface area contributed by atoms with E-state index >= 15 is 0 Å². The fourth-order valence-corrected chi connectivity index (χ4v) is 5.76. The summed E-state index contributed by atoms with van der Waals surface area (Å²) >= 11 is 18.4. The quantitative estimate of drug-likeness (QED) is 0.314. The third kappa shape index (κ3) is 8.11. The van der Waals surface area contributed by atoms with Crippen LogP contribution in [-0.4, -0.2) is 43.3 Å². The molecule has 208 valence electrons. The van der Waals surface area contributed by atoms with Crippen LogP contribution in [-0.2, 0) is 26.2 Å². The molecule has 1 unspecified atom stereocenters. The van der Waals surface area contributed by atoms with Gasteiger partial charge in [-0.2, -0.15) is 0 Å². The van der Waals surface area contributed by atoms with Gasteiger partial charge in [0.1, 0.15) is 12.6 Å². The first-order valence-electron chi connectivity index (χ1n) is 12.1. The molecule has 0 aromatic heterocycles. The summed E-state index contributed by atoms with van der Waals surface area (Å²) in [6.07, 6.45) is 0. The van der Waals surface area contributed by atoms with Crippen LogP contribution in [0, 0.1) is 0 Å². The largest absolute Gasteiger partial charge is 0.350 e. The number of nitrogens with zero attached hydrogens (tertiary/aromatic N) is 2. The first-order chi connectivity index (χ1) is 18.2. The molecule has 0 bridgehead atoms. The van der Waals surface area contributed by atoms with E-state index in [4.69, 9.17) is 34.8 Å². The zero-order valence-corrected chi connectivity index (χ0v) is 25.1. The van der Waals surface area contributed by atoms with Crippen LogP contribution in [0.4, 0.5) is 5.69 Å². The number of carbonyl (C=O) groups excluding carboxylic acids is 2. The third-order valence-corrected chi connectivity index (χ3v) is 8.37. The predicted octanol–water partition coefficient (Wildman–Crippen LogP) is 6.17. The first kappa shape index (κ1) is 30.8. The van der Waals surface area contributed by atoms with Gasteiger partial charge < -0.3 is 10.2 Å². The van der Waals surface area contributed by atoms with Crippen molar-refractivity contribution >= 4 is 62.3 Å². The average molecular weight is 611 g/mol. The summed E-state index contributed by atoms with van der Waals surface area (Å²) in [5, 5.41) is 3.99. The first-order valence-corrected chi connectivity index (χ1v) is 14.7. The normalized spacial score (nSPS) is 12.5. The molecule has 39 heavy (non-hydrogen) atoms. The van der Waals surface area contributed by atoms with Crippen molar-refractivity contribution in [2.24, 2.45) is 0 Å². The molecule has 0 radical (unpaired) electrons. The van der Waals surface area contributed by atoms with E-state index in [0.717, 1.165) is 4.31 Å². The Morgan fingerprint density at radius 1 is 0.897 bits per heavy atom. The minimum Gasteiger partial charge on any atom is -0.350 e. The highest BCUT2D eigenvalue weighted by molar-refractivity contribution is 7.92. The number of benzene rings is 3. The number of para-hydroxylation sites is 1. The van der Waals surface area contributed by atoms with E-state index in [1.54, 1.807) is 55.5 Å². The van der Waals surface area contributed by atoms with Gasteiger partial charge >= 0.3 is 0 Å². The molecule has 0 aliphatic carbocycles. The molecule has 3 aromatic rings. The molecule has 0 spiro atoms. The maximum Gasteiger partial charge on any atom is 0.264 e. The summed E-state index contributed by atoms with van der Waals surface area (Å²) in [7, 11) is -4.18. The standard InChI is InChI=1S/C28H30Cl3N3O4S/c1-19(27(36)32-28(2,3)4)33(17-20-10-11-22(30)16-25(20)31)26(35)18-34(23-8-6-5-7-9-23)39(37,38)24-14-12-21(29)13-15-24/h5-16,19H,17-18H2,1-4H3,(H,32,36). The lowest BCUT2D eigenvalue weighted by Crippen LogP contribution is -2.54. The van der Waals surface area contributed by atoms with Gasteiger partial charge in [0.15, 0.2) is 0 Å². The van der Waals surface area contributed by atoms with Crippen molar-refractivity contribution in [3.63, 3.8) is 0 Å². The molecule has 3 rings (SSSR count). The molecule has 3 aromatic carbocycles. The summed E-state index contributed by atoms with van der Waals surface area (Å²) < 4.78 is 28.5. The highest BCUT2D eigenvalue weighted by Gasteiger charge is 2.33. The van der Waals surface area contributed by atoms with Gasteiger partial charge in [0, 0.05) is 27.2 Å². The van der Waals surface area contributed by atoms with Crippen molar-refractivity contribution < 1.29 is 18.0 Å². The van der Waals surface area contributed by atoms with Crippen LogP contribution in [0.5, 0.6) is 0 Å². The number of amides is 2. The summed E-state index contributed by atoms with van der Waals surface area (Å²) in [5.74, 6) is -0.994. The number of hydrogen-bond donors (Lipinski definition) is 1. The van der Waals surface area contributed by atoms with E-state index < -0.39 is 40.0 Å². The summed E-state index contributed by atoms with van der Waals surface area (Å²) in [5.41, 5.74) is 0.292. The molecule has 1 N–H and O–H groups in total. The molecule has 0 heterocycles. The Labute approximate surface area is 244 Å². The number of hydrogen-bond acceptors (Lipinski definition) is 4. The van der Waals surface area contributed by atoms with E-state index in [2.05, 4.69) is 5.32 Å². The van der Waals surface area contributed by atoms with E-state index in [9.17, 15) is 18.0 Å². The Hall–Kier alpha value is -2.78.